The molecule has 1 aromatic heterocycles. The molecule has 8 rings (SSSR count). The first kappa shape index (κ1) is 39.1. The highest BCUT2D eigenvalue weighted by atomic mass is 35.5. The van der Waals surface area contributed by atoms with Crippen LogP contribution in [0, 0.1) is 33.5 Å². The van der Waals surface area contributed by atoms with Gasteiger partial charge in [0.05, 0.1) is 28.8 Å². The van der Waals surface area contributed by atoms with Crippen molar-refractivity contribution in [2.24, 2.45) is 33.5 Å². The first-order valence-electron chi connectivity index (χ1n) is 19.2. The van der Waals surface area contributed by atoms with Crippen molar-refractivity contribution < 1.29 is 42.1 Å². The maximum absolute atomic E-state index is 15.0. The number of benzene rings is 1. The van der Waals surface area contributed by atoms with E-state index in [9.17, 15) is 28.2 Å². The van der Waals surface area contributed by atoms with Gasteiger partial charge in [-0.3, -0.25) is 4.79 Å². The summed E-state index contributed by atoms with van der Waals surface area (Å²) in [5.74, 6) is -0.487. The number of hydrogen-bond acceptors (Lipinski definition) is 6. The maximum Gasteiger partial charge on any atom is 0.416 e. The molecule has 3 fully saturated rings. The summed E-state index contributed by atoms with van der Waals surface area (Å²) in [7, 11) is 1.62. The lowest BCUT2D eigenvalue weighted by molar-refractivity contribution is -0.174. The molecule has 3 saturated carbocycles. The van der Waals surface area contributed by atoms with Crippen molar-refractivity contribution in [1.29, 1.82) is 0 Å². The predicted molar refractivity (Wildman–Crippen MR) is 199 cm³/mol. The molecule has 8 nitrogen and oxygen atoms in total. The highest BCUT2D eigenvalue weighted by Crippen LogP contribution is 2.78. The largest absolute Gasteiger partial charge is 0.453 e. The van der Waals surface area contributed by atoms with Gasteiger partial charge in [0.1, 0.15) is 5.76 Å². The maximum atomic E-state index is 15.0. The number of ether oxygens (including phenoxy) is 1. The molecule has 2 amide bonds. The molecule has 2 aromatic rings. The minimum atomic E-state index is -4.59. The average Bonchev–Trinajstić information content (AvgIpc) is 3.69. The number of nitrogens with one attached hydrogen (secondary N) is 1. The summed E-state index contributed by atoms with van der Waals surface area (Å²) in [5.41, 5.74) is -3.89. The van der Waals surface area contributed by atoms with Crippen molar-refractivity contribution in [2.45, 2.75) is 103 Å². The molecule has 2 spiro atoms. The number of methoxy groups -OCH3 is 1. The number of allylic oxidation sites excluding steroid dienone is 4. The number of rotatable bonds is 10. The highest BCUT2D eigenvalue weighted by molar-refractivity contribution is 6.33. The topological polar surface area (TPSA) is 112 Å². The van der Waals surface area contributed by atoms with E-state index in [0.29, 0.717) is 57.2 Å². The van der Waals surface area contributed by atoms with E-state index in [4.69, 9.17) is 20.8 Å². The molecule has 12 heteroatoms. The first-order valence-corrected chi connectivity index (χ1v) is 19.6. The molecule has 6 aliphatic rings. The number of urea groups is 1. The molecule has 0 aliphatic heterocycles. The smallest absolute Gasteiger partial charge is 0.416 e. The number of nitrogens with zero attached hydrogens (tertiary/aromatic N) is 1. The summed E-state index contributed by atoms with van der Waals surface area (Å²) < 4.78 is 52.3. The second kappa shape index (κ2) is 13.5. The Morgan fingerprint density at radius 3 is 2.46 bits per heavy atom. The Bertz CT molecular complexity index is 1880. The van der Waals surface area contributed by atoms with Gasteiger partial charge in [-0.05, 0) is 113 Å². The third-order valence-electron chi connectivity index (χ3n) is 14.3. The van der Waals surface area contributed by atoms with Crippen LogP contribution in [0.5, 0.6) is 0 Å². The fourth-order valence-corrected chi connectivity index (χ4v) is 11.7. The molecule has 2 bridgehead atoms. The van der Waals surface area contributed by atoms with E-state index in [0.717, 1.165) is 25.0 Å². The molecule has 0 saturated heterocycles. The Kier molecular flexibility index (Phi) is 9.80. The number of Topliss-reactive ketones (excluding diaryl/α,β-unsaturated/α-hetero) is 1. The van der Waals surface area contributed by atoms with Gasteiger partial charge in [-0.2, -0.15) is 13.2 Å². The number of carbonyl (C=O) groups excluding carboxylic acids is 2. The van der Waals surface area contributed by atoms with E-state index in [1.54, 1.807) is 12.0 Å². The van der Waals surface area contributed by atoms with Crippen molar-refractivity contribution in [3.05, 3.63) is 70.5 Å². The van der Waals surface area contributed by atoms with Gasteiger partial charge in [0.2, 0.25) is 5.78 Å². The number of carbonyl (C=O) groups is 2. The predicted octanol–water partition coefficient (Wildman–Crippen LogP) is 8.85. The minimum absolute atomic E-state index is 0.0107. The Hall–Kier alpha value is -3.12. The first-order chi connectivity index (χ1) is 25.3. The Morgan fingerprint density at radius 1 is 1.06 bits per heavy atom. The Labute approximate surface area is 320 Å². The standard InChI is InChI=1S/C42H52ClF3N2O6/c1-25(2)47-36(51)48(19-6-20-53-5)24-40(52)16-13-34-38(40,4)15-12-33-37(3)14-11-27(49)22-39(37)17-18-41(33,34)29(23-39)35(50)32-10-9-31(54-32)28-21-26(42(44,45)46)7-8-30(28)43/h7-10,17-18,21,23,25,27,33-34,49,52H,6,11-16,19-20,22,24H2,1-5H3,(H,47,51)/t27?,33-,34-,37-,38+,39+,40-,41-/m1/s1. The van der Waals surface area contributed by atoms with Gasteiger partial charge in [-0.25, -0.2) is 4.79 Å². The third kappa shape index (κ3) is 5.89. The number of alkyl halides is 3. The summed E-state index contributed by atoms with van der Waals surface area (Å²) in [4.78, 5) is 30.2. The van der Waals surface area contributed by atoms with Gasteiger partial charge in [-0.1, -0.05) is 43.7 Å². The number of fused-ring (bicyclic) bond motifs is 1. The number of amides is 2. The van der Waals surface area contributed by atoms with Gasteiger partial charge >= 0.3 is 12.2 Å². The quantitative estimate of drug-likeness (QED) is 0.126. The van der Waals surface area contributed by atoms with Crippen LogP contribution in [-0.4, -0.2) is 71.5 Å². The van der Waals surface area contributed by atoms with Crippen molar-refractivity contribution in [2.75, 3.05) is 26.8 Å². The van der Waals surface area contributed by atoms with Crippen LogP contribution in [0.25, 0.3) is 11.3 Å². The van der Waals surface area contributed by atoms with Crippen LogP contribution >= 0.6 is 11.6 Å². The van der Waals surface area contributed by atoms with Crippen LogP contribution in [0.3, 0.4) is 0 Å². The molecule has 6 aliphatic carbocycles. The summed E-state index contributed by atoms with van der Waals surface area (Å²) >= 11 is 6.37. The van der Waals surface area contributed by atoms with Crippen LogP contribution < -0.4 is 5.32 Å². The molecule has 1 heterocycles. The van der Waals surface area contributed by atoms with Crippen LogP contribution in [0.1, 0.15) is 95.2 Å². The van der Waals surface area contributed by atoms with Gasteiger partial charge in [0.15, 0.2) is 5.76 Å². The molecule has 3 N–H and O–H groups in total. The van der Waals surface area contributed by atoms with E-state index in [2.05, 4.69) is 37.4 Å². The van der Waals surface area contributed by atoms with Crippen LogP contribution in [-0.2, 0) is 10.9 Å². The summed E-state index contributed by atoms with van der Waals surface area (Å²) in [6, 6.07) is 5.65. The summed E-state index contributed by atoms with van der Waals surface area (Å²) in [6.45, 7) is 9.22. The number of furan rings is 1. The van der Waals surface area contributed by atoms with E-state index in [1.165, 1.54) is 18.2 Å². The lowest BCUT2D eigenvalue weighted by atomic mass is 9.32. The second-order valence-electron chi connectivity index (χ2n) is 17.4. The van der Waals surface area contributed by atoms with E-state index < -0.39 is 39.7 Å². The zero-order valence-corrected chi connectivity index (χ0v) is 32.4. The molecule has 1 unspecified atom stereocenters. The van der Waals surface area contributed by atoms with Crippen LogP contribution in [0.15, 0.2) is 58.6 Å². The van der Waals surface area contributed by atoms with Crippen molar-refractivity contribution in [1.82, 2.24) is 10.2 Å². The van der Waals surface area contributed by atoms with E-state index in [-0.39, 0.29) is 63.8 Å². The lowest BCUT2D eigenvalue weighted by Crippen LogP contribution is -2.67. The minimum Gasteiger partial charge on any atom is -0.453 e. The lowest BCUT2D eigenvalue weighted by Gasteiger charge is -2.71. The highest BCUT2D eigenvalue weighted by Gasteiger charge is 2.74. The molecular weight excluding hydrogens is 721 g/mol. The van der Waals surface area contributed by atoms with Crippen LogP contribution in [0.2, 0.25) is 5.02 Å². The van der Waals surface area contributed by atoms with Crippen LogP contribution in [0.4, 0.5) is 18.0 Å². The van der Waals surface area contributed by atoms with E-state index >= 15 is 4.79 Å². The second-order valence-corrected chi connectivity index (χ2v) is 17.8. The van der Waals surface area contributed by atoms with Crippen molar-refractivity contribution >= 4 is 23.4 Å². The normalized spacial score (nSPS) is 35.3. The number of hydrogen-bond donors (Lipinski definition) is 3. The summed E-state index contributed by atoms with van der Waals surface area (Å²) in [5, 5.41) is 26.9. The van der Waals surface area contributed by atoms with Crippen molar-refractivity contribution in [3.63, 3.8) is 0 Å². The molecule has 8 atom stereocenters. The zero-order valence-electron chi connectivity index (χ0n) is 31.7. The zero-order chi connectivity index (χ0) is 39.1. The Balaban J connectivity index is 1.30. The molecule has 54 heavy (non-hydrogen) atoms. The summed E-state index contributed by atoms with van der Waals surface area (Å²) in [6.07, 6.45) is 6.31. The Morgan fingerprint density at radius 2 is 1.76 bits per heavy atom. The monoisotopic (exact) mass is 772 g/mol. The number of aliphatic hydroxyl groups is 2. The number of aliphatic hydroxyl groups excluding tert-OH is 1. The molecule has 1 aromatic carbocycles. The van der Waals surface area contributed by atoms with Gasteiger partial charge in [-0.15, -0.1) is 0 Å². The molecule has 294 valence electrons. The fraction of sp³-hybridized carbons (Fsp3) is 0.619. The molecule has 0 radical (unpaired) electrons. The van der Waals surface area contributed by atoms with Gasteiger partial charge < -0.3 is 29.6 Å². The van der Waals surface area contributed by atoms with Gasteiger partial charge in [0.25, 0.3) is 0 Å². The van der Waals surface area contributed by atoms with E-state index in [1.807, 2.05) is 13.8 Å². The molecular formula is C42H52ClF3N2O6. The number of ketones is 1. The van der Waals surface area contributed by atoms with Crippen molar-refractivity contribution in [3.8, 4) is 11.3 Å². The fourth-order valence-electron chi connectivity index (χ4n) is 11.5. The van der Waals surface area contributed by atoms with Gasteiger partial charge in [0, 0.05) is 53.7 Å². The average molecular weight is 773 g/mol. The SMILES string of the molecule is COCCCN(C[C@]1(O)CC[C@H]2[C@]34C=C[C@@]5(C=C3C(=O)c3ccc(-c6cc(C(F)(F)F)ccc6Cl)o3)CC(O)CC[C@]5(C)[C@H]4CC[C@@]21C)C(=O)NC(C)C. The number of halogens is 4. The third-order valence-corrected chi connectivity index (χ3v) is 14.6.